The van der Waals surface area contributed by atoms with Crippen molar-refractivity contribution in [2.75, 3.05) is 11.9 Å². The van der Waals surface area contributed by atoms with E-state index < -0.39 is 12.1 Å². The number of carbonyl (C=O) groups excluding carboxylic acids is 2. The Morgan fingerprint density at radius 1 is 1.19 bits per heavy atom. The van der Waals surface area contributed by atoms with Gasteiger partial charge in [0.2, 0.25) is 5.91 Å². The Morgan fingerprint density at radius 2 is 2.04 bits per heavy atom. The summed E-state index contributed by atoms with van der Waals surface area (Å²) in [7, 11) is 0. The van der Waals surface area contributed by atoms with Crippen LogP contribution in [0.15, 0.2) is 53.7 Å². The van der Waals surface area contributed by atoms with Gasteiger partial charge < -0.3 is 16.0 Å². The van der Waals surface area contributed by atoms with Crippen LogP contribution in [-0.2, 0) is 10.5 Å². The van der Waals surface area contributed by atoms with Crippen molar-refractivity contribution in [2.45, 2.75) is 37.1 Å². The number of carbonyl (C=O) groups is 2. The highest BCUT2D eigenvalue weighted by molar-refractivity contribution is 7.98. The molecule has 0 aliphatic heterocycles. The average molecular weight is 372 g/mol. The van der Waals surface area contributed by atoms with E-state index >= 15 is 0 Å². The van der Waals surface area contributed by atoms with E-state index in [4.69, 9.17) is 0 Å². The Morgan fingerprint density at radius 3 is 2.77 bits per heavy atom. The van der Waals surface area contributed by atoms with E-state index in [0.29, 0.717) is 12.2 Å². The molecule has 138 valence electrons. The third kappa shape index (κ3) is 6.76. The minimum absolute atomic E-state index is 0.192. The lowest BCUT2D eigenvalue weighted by molar-refractivity contribution is -0.122. The molecule has 0 radical (unpaired) electrons. The van der Waals surface area contributed by atoms with Crippen LogP contribution in [0, 0.1) is 0 Å². The Bertz CT molecular complexity index is 724. The molecule has 7 heteroatoms. The number of hydrogen-bond donors (Lipinski definition) is 3. The average Bonchev–Trinajstić information content (AvgIpc) is 2.65. The molecule has 1 aromatic heterocycles. The van der Waals surface area contributed by atoms with Crippen molar-refractivity contribution >= 4 is 29.4 Å². The number of nitrogens with zero attached hydrogens (tertiary/aromatic N) is 1. The number of urea groups is 1. The van der Waals surface area contributed by atoms with Crippen LogP contribution in [0.1, 0.15) is 25.8 Å². The molecule has 0 spiro atoms. The Labute approximate surface area is 158 Å². The van der Waals surface area contributed by atoms with Gasteiger partial charge >= 0.3 is 6.03 Å². The SMILES string of the molecule is CCCNC(=O)C(C)NC(=O)Nc1cccc(CSc2ccccn2)c1. The van der Waals surface area contributed by atoms with Crippen LogP contribution in [0.4, 0.5) is 10.5 Å². The van der Waals surface area contributed by atoms with E-state index in [-0.39, 0.29) is 5.91 Å². The number of pyridine rings is 1. The molecule has 3 amide bonds. The highest BCUT2D eigenvalue weighted by Gasteiger charge is 2.14. The molecule has 0 saturated carbocycles. The first-order valence-corrected chi connectivity index (χ1v) is 9.55. The monoisotopic (exact) mass is 372 g/mol. The molecule has 1 atom stereocenters. The Balaban J connectivity index is 1.85. The first kappa shape index (κ1) is 19.8. The number of hydrogen-bond acceptors (Lipinski definition) is 4. The van der Waals surface area contributed by atoms with Gasteiger partial charge in [0.25, 0.3) is 0 Å². The lowest BCUT2D eigenvalue weighted by atomic mass is 10.2. The first-order chi connectivity index (χ1) is 12.6. The summed E-state index contributed by atoms with van der Waals surface area (Å²) in [6.07, 6.45) is 2.62. The molecule has 1 unspecified atom stereocenters. The van der Waals surface area contributed by atoms with Crippen molar-refractivity contribution in [3.63, 3.8) is 0 Å². The summed E-state index contributed by atoms with van der Waals surface area (Å²) in [6, 6.07) is 12.4. The number of thioether (sulfide) groups is 1. The summed E-state index contributed by atoms with van der Waals surface area (Å²) >= 11 is 1.63. The Hall–Kier alpha value is -2.54. The fourth-order valence-corrected chi connectivity index (χ4v) is 2.96. The quantitative estimate of drug-likeness (QED) is 0.620. The van der Waals surface area contributed by atoms with Gasteiger partial charge in [0.15, 0.2) is 0 Å². The van der Waals surface area contributed by atoms with Crippen molar-refractivity contribution in [3.05, 3.63) is 54.2 Å². The van der Waals surface area contributed by atoms with Crippen LogP contribution in [0.2, 0.25) is 0 Å². The number of benzene rings is 1. The van der Waals surface area contributed by atoms with Crippen molar-refractivity contribution in [3.8, 4) is 0 Å². The zero-order valence-electron chi connectivity index (χ0n) is 15.0. The van der Waals surface area contributed by atoms with Gasteiger partial charge in [-0.05, 0) is 43.2 Å². The molecule has 0 aliphatic carbocycles. The summed E-state index contributed by atoms with van der Waals surface area (Å²) < 4.78 is 0. The predicted molar refractivity (Wildman–Crippen MR) is 105 cm³/mol. The molecular weight excluding hydrogens is 348 g/mol. The minimum Gasteiger partial charge on any atom is -0.354 e. The van der Waals surface area contributed by atoms with Crippen LogP contribution in [0.25, 0.3) is 0 Å². The summed E-state index contributed by atoms with van der Waals surface area (Å²) in [5.74, 6) is 0.562. The second-order valence-electron chi connectivity index (χ2n) is 5.77. The number of aromatic nitrogens is 1. The molecule has 0 bridgehead atoms. The van der Waals surface area contributed by atoms with Crippen molar-refractivity contribution in [1.29, 1.82) is 0 Å². The van der Waals surface area contributed by atoms with Gasteiger partial charge in [0, 0.05) is 24.2 Å². The van der Waals surface area contributed by atoms with E-state index in [0.717, 1.165) is 22.8 Å². The molecule has 0 fully saturated rings. The molecule has 6 nitrogen and oxygen atoms in total. The molecule has 26 heavy (non-hydrogen) atoms. The maximum Gasteiger partial charge on any atom is 0.319 e. The van der Waals surface area contributed by atoms with Gasteiger partial charge in [0.05, 0.1) is 5.03 Å². The van der Waals surface area contributed by atoms with Crippen LogP contribution in [0.5, 0.6) is 0 Å². The zero-order valence-corrected chi connectivity index (χ0v) is 15.8. The van der Waals surface area contributed by atoms with Crippen LogP contribution >= 0.6 is 11.8 Å². The molecule has 2 aromatic rings. The van der Waals surface area contributed by atoms with Crippen molar-refractivity contribution in [2.24, 2.45) is 0 Å². The van der Waals surface area contributed by atoms with E-state index in [1.807, 2.05) is 49.4 Å². The lowest BCUT2D eigenvalue weighted by Gasteiger charge is -2.14. The lowest BCUT2D eigenvalue weighted by Crippen LogP contribution is -2.46. The normalized spacial score (nSPS) is 11.5. The zero-order chi connectivity index (χ0) is 18.8. The fourth-order valence-electron chi connectivity index (χ4n) is 2.16. The van der Waals surface area contributed by atoms with Gasteiger partial charge in [-0.1, -0.05) is 25.1 Å². The van der Waals surface area contributed by atoms with E-state index in [9.17, 15) is 9.59 Å². The summed E-state index contributed by atoms with van der Waals surface area (Å²) in [4.78, 5) is 28.2. The molecule has 2 rings (SSSR count). The maximum atomic E-state index is 12.1. The van der Waals surface area contributed by atoms with E-state index in [2.05, 4.69) is 20.9 Å². The molecule has 0 aliphatic rings. The third-order valence-corrected chi connectivity index (χ3v) is 4.51. The summed E-state index contributed by atoms with van der Waals surface area (Å²) in [5.41, 5.74) is 1.76. The molecule has 0 saturated heterocycles. The highest BCUT2D eigenvalue weighted by atomic mass is 32.2. The second kappa shape index (κ2) is 10.5. The number of nitrogens with one attached hydrogen (secondary N) is 3. The summed E-state index contributed by atoms with van der Waals surface area (Å²) in [5, 5.41) is 9.11. The van der Waals surface area contributed by atoms with Gasteiger partial charge in [-0.25, -0.2) is 9.78 Å². The van der Waals surface area contributed by atoms with Crippen molar-refractivity contribution < 1.29 is 9.59 Å². The highest BCUT2D eigenvalue weighted by Crippen LogP contribution is 2.22. The van der Waals surface area contributed by atoms with Gasteiger partial charge in [-0.3, -0.25) is 4.79 Å². The number of rotatable bonds is 8. The van der Waals surface area contributed by atoms with Gasteiger partial charge in [-0.15, -0.1) is 11.8 Å². The predicted octanol–water partition coefficient (Wildman–Crippen LogP) is 3.41. The van der Waals surface area contributed by atoms with Crippen molar-refractivity contribution in [1.82, 2.24) is 15.6 Å². The third-order valence-electron chi connectivity index (χ3n) is 3.50. The largest absolute Gasteiger partial charge is 0.354 e. The van der Waals surface area contributed by atoms with Crippen LogP contribution in [-0.4, -0.2) is 29.5 Å². The van der Waals surface area contributed by atoms with E-state index in [1.165, 1.54) is 0 Å². The first-order valence-electron chi connectivity index (χ1n) is 8.56. The number of amides is 3. The Kier molecular flexibility index (Phi) is 7.95. The number of anilines is 1. The smallest absolute Gasteiger partial charge is 0.319 e. The summed E-state index contributed by atoms with van der Waals surface area (Å²) in [6.45, 7) is 4.23. The fraction of sp³-hybridized carbons (Fsp3) is 0.316. The molecular formula is C19H24N4O2S. The molecule has 1 aromatic carbocycles. The maximum absolute atomic E-state index is 12.1. The van der Waals surface area contributed by atoms with Crippen LogP contribution < -0.4 is 16.0 Å². The second-order valence-corrected chi connectivity index (χ2v) is 6.76. The van der Waals surface area contributed by atoms with E-state index in [1.54, 1.807) is 24.9 Å². The minimum atomic E-state index is -0.593. The topological polar surface area (TPSA) is 83.1 Å². The van der Waals surface area contributed by atoms with Gasteiger partial charge in [-0.2, -0.15) is 0 Å². The van der Waals surface area contributed by atoms with Crippen LogP contribution in [0.3, 0.4) is 0 Å². The molecule has 3 N–H and O–H groups in total. The van der Waals surface area contributed by atoms with Gasteiger partial charge in [0.1, 0.15) is 6.04 Å². The molecule has 1 heterocycles. The standard InChI is InChI=1S/C19H24N4O2S/c1-3-10-21-18(24)14(2)22-19(25)23-16-8-6-7-15(12-16)13-26-17-9-4-5-11-20-17/h4-9,11-12,14H,3,10,13H2,1-2H3,(H,21,24)(H2,22,23,25).